The maximum Gasteiger partial charge on any atom is 0.335 e. The van der Waals surface area contributed by atoms with E-state index in [0.29, 0.717) is 18.4 Å². The minimum atomic E-state index is -1.80. The fourth-order valence-corrected chi connectivity index (χ4v) is 13.6. The third kappa shape index (κ3) is 5.01. The van der Waals surface area contributed by atoms with E-state index in [1.165, 1.54) is 0 Å². The number of aliphatic carboxylic acids is 1. The van der Waals surface area contributed by atoms with Gasteiger partial charge in [0.1, 0.15) is 30.5 Å². The van der Waals surface area contributed by atoms with E-state index in [0.717, 1.165) is 31.3 Å². The van der Waals surface area contributed by atoms with E-state index in [9.17, 15) is 45.3 Å². The number of rotatable bonds is 7. The van der Waals surface area contributed by atoms with Gasteiger partial charge >= 0.3 is 11.9 Å². The van der Waals surface area contributed by atoms with Crippen molar-refractivity contribution < 1.29 is 64.3 Å². The van der Waals surface area contributed by atoms with Gasteiger partial charge < -0.3 is 54.7 Å². The summed E-state index contributed by atoms with van der Waals surface area (Å²) in [6.45, 7) is 15.9. The number of allylic oxidation sites excluding steroid dienone is 2. The van der Waals surface area contributed by atoms with Crippen LogP contribution in [0.15, 0.2) is 23.3 Å². The van der Waals surface area contributed by atoms with Crippen molar-refractivity contribution in [2.24, 2.45) is 50.2 Å². The Labute approximate surface area is 317 Å². The molecule has 7 rings (SSSR count). The molecular formula is C41H62O13. The van der Waals surface area contributed by atoms with Gasteiger partial charge in [0.05, 0.1) is 36.9 Å². The third-order valence-corrected chi connectivity index (χ3v) is 17.0. The van der Waals surface area contributed by atoms with Crippen molar-refractivity contribution in [1.82, 2.24) is 0 Å². The van der Waals surface area contributed by atoms with Gasteiger partial charge in [-0.2, -0.15) is 0 Å². The van der Waals surface area contributed by atoms with Gasteiger partial charge in [0.15, 0.2) is 12.4 Å². The summed E-state index contributed by atoms with van der Waals surface area (Å²) in [5.74, 6) is -2.05. The average molecular weight is 763 g/mol. The number of fused-ring (bicyclic) bond motifs is 7. The number of carboxylic acid groups (broad SMARTS) is 1. The normalized spacial score (nSPS) is 53.4. The topological polar surface area (TPSA) is 213 Å². The monoisotopic (exact) mass is 762 g/mol. The van der Waals surface area contributed by atoms with Crippen molar-refractivity contribution >= 4 is 11.9 Å². The van der Waals surface area contributed by atoms with Gasteiger partial charge in [-0.05, 0) is 86.4 Å². The van der Waals surface area contributed by atoms with Gasteiger partial charge in [-0.1, -0.05) is 59.3 Å². The molecule has 2 saturated heterocycles. The molecule has 13 nitrogen and oxygen atoms in total. The molecule has 2 heterocycles. The molecule has 7 N–H and O–H groups in total. The quantitative estimate of drug-likeness (QED) is 0.0861. The Bertz CT molecular complexity index is 1590. The molecule has 4 saturated carbocycles. The number of carbonyl (C=O) groups excluding carboxylic acids is 1. The van der Waals surface area contributed by atoms with E-state index < -0.39 is 100 Å². The number of aliphatic hydroxyl groups excluding tert-OH is 6. The van der Waals surface area contributed by atoms with Crippen LogP contribution >= 0.6 is 0 Å². The fraction of sp³-hybridized carbons (Fsp3) is 0.854. The first-order valence-corrected chi connectivity index (χ1v) is 19.8. The number of ether oxygens (including phenoxy) is 4. The zero-order valence-corrected chi connectivity index (χ0v) is 32.9. The van der Waals surface area contributed by atoms with Crippen LogP contribution in [-0.2, 0) is 28.5 Å². The Morgan fingerprint density at radius 2 is 1.59 bits per heavy atom. The summed E-state index contributed by atoms with van der Waals surface area (Å²) in [6.07, 6.45) is -4.25. The van der Waals surface area contributed by atoms with Crippen LogP contribution in [0.3, 0.4) is 0 Å². The standard InChI is InChI=1S/C41H62O13/c1-9-19(2)34(50)54-32-31-37(5,17-42)16-21-20-10-11-23-38(6)14-13-24(51-35-27(46)25(44)26(45)28(52-35)33(48)49)36(3,4)22(38)12-15-39(23,7)40(20,8)29(47)30(53-31)41(21,32)18-43/h9-10,21-32,35,42-47H,11-18H2,1-8H3,(H,48,49)/b19-9+/t21-,22-,23+,24+,25-,26-,27+,28-,29-,30+,31+,32-,35+,37-,38-,39+,40-,41-/m0/s1. The van der Waals surface area contributed by atoms with E-state index >= 15 is 0 Å². The van der Waals surface area contributed by atoms with E-state index in [4.69, 9.17) is 18.9 Å². The Morgan fingerprint density at radius 3 is 2.20 bits per heavy atom. The molecule has 304 valence electrons. The summed E-state index contributed by atoms with van der Waals surface area (Å²) in [4.78, 5) is 25.1. The Hall–Kier alpha value is -1.94. The van der Waals surface area contributed by atoms with Gasteiger partial charge in [0.25, 0.3) is 0 Å². The van der Waals surface area contributed by atoms with E-state index in [-0.39, 0.29) is 36.4 Å². The van der Waals surface area contributed by atoms with Crippen LogP contribution in [0.4, 0.5) is 0 Å². The van der Waals surface area contributed by atoms with Crippen molar-refractivity contribution in [1.29, 1.82) is 0 Å². The van der Waals surface area contributed by atoms with Crippen LogP contribution in [0.2, 0.25) is 0 Å². The minimum absolute atomic E-state index is 0.118. The average Bonchev–Trinajstić information content (AvgIpc) is 3.41. The fourth-order valence-electron chi connectivity index (χ4n) is 13.6. The molecule has 0 aromatic heterocycles. The minimum Gasteiger partial charge on any atom is -0.479 e. The molecule has 0 unspecified atom stereocenters. The van der Waals surface area contributed by atoms with E-state index in [2.05, 4.69) is 40.7 Å². The highest BCUT2D eigenvalue weighted by Crippen LogP contribution is 2.77. The smallest absolute Gasteiger partial charge is 0.335 e. The number of aliphatic hydroxyl groups is 6. The molecule has 0 aromatic rings. The molecule has 13 heteroatoms. The number of carboxylic acids is 1. The van der Waals surface area contributed by atoms with Crippen molar-refractivity contribution in [2.45, 2.75) is 155 Å². The first-order chi connectivity index (χ1) is 25.1. The molecule has 6 fully saturated rings. The molecule has 5 aliphatic carbocycles. The van der Waals surface area contributed by atoms with E-state index in [1.807, 2.05) is 6.92 Å². The van der Waals surface area contributed by atoms with E-state index in [1.54, 1.807) is 19.9 Å². The summed E-state index contributed by atoms with van der Waals surface area (Å²) >= 11 is 0. The van der Waals surface area contributed by atoms with Crippen molar-refractivity contribution in [3.63, 3.8) is 0 Å². The zero-order chi connectivity index (χ0) is 39.7. The molecule has 7 aliphatic rings. The SMILES string of the molecule is C/C=C(\C)C(=O)O[C@H]1[C@H]2O[C@@H]3[C@H](O)[C@]4(C)C(=CC[C@@H]5[C@@]6(C)CC[C@@H](O[C@@H]7O[C@H](C(=O)O)[C@@H](O)[C@H](O)[C@H]7O)C(C)(C)[C@@H]6CC[C@]54C)[C@H](C[C@@]2(C)CO)[C@@]31CO. The maximum atomic E-state index is 13.3. The van der Waals surface area contributed by atoms with Gasteiger partial charge in [0, 0.05) is 16.4 Å². The molecular weight excluding hydrogens is 700 g/mol. The first kappa shape index (κ1) is 40.3. The number of carbonyl (C=O) groups is 2. The summed E-state index contributed by atoms with van der Waals surface area (Å²) in [5.41, 5.74) is -2.31. The molecule has 0 radical (unpaired) electrons. The van der Waals surface area contributed by atoms with Crippen molar-refractivity contribution in [2.75, 3.05) is 13.2 Å². The Balaban J connectivity index is 1.23. The number of hydrogen-bond donors (Lipinski definition) is 7. The van der Waals surface area contributed by atoms with Crippen molar-refractivity contribution in [3.05, 3.63) is 23.3 Å². The second kappa shape index (κ2) is 13.0. The lowest BCUT2D eigenvalue weighted by Gasteiger charge is -2.72. The lowest BCUT2D eigenvalue weighted by molar-refractivity contribution is -0.325. The maximum absolute atomic E-state index is 13.3. The second-order valence-corrected chi connectivity index (χ2v) is 19.4. The van der Waals surface area contributed by atoms with Crippen LogP contribution in [-0.4, -0.2) is 122 Å². The summed E-state index contributed by atoms with van der Waals surface area (Å²) in [5, 5.41) is 76.2. The Morgan fingerprint density at radius 1 is 0.907 bits per heavy atom. The largest absolute Gasteiger partial charge is 0.479 e. The summed E-state index contributed by atoms with van der Waals surface area (Å²) in [6, 6.07) is 0. The third-order valence-electron chi connectivity index (χ3n) is 17.0. The number of hydrogen-bond acceptors (Lipinski definition) is 12. The lowest BCUT2D eigenvalue weighted by atomic mass is 9.33. The summed E-state index contributed by atoms with van der Waals surface area (Å²) in [7, 11) is 0. The van der Waals surface area contributed by atoms with Crippen LogP contribution in [0.1, 0.15) is 93.9 Å². The predicted octanol–water partition coefficient (Wildman–Crippen LogP) is 2.48. The highest BCUT2D eigenvalue weighted by Gasteiger charge is 2.79. The highest BCUT2D eigenvalue weighted by molar-refractivity contribution is 5.87. The van der Waals surface area contributed by atoms with Crippen LogP contribution in [0.5, 0.6) is 0 Å². The van der Waals surface area contributed by atoms with Gasteiger partial charge in [-0.25, -0.2) is 9.59 Å². The zero-order valence-electron chi connectivity index (χ0n) is 32.9. The van der Waals surface area contributed by atoms with Gasteiger partial charge in [-0.3, -0.25) is 0 Å². The lowest BCUT2D eigenvalue weighted by Crippen LogP contribution is -2.72. The molecule has 0 aromatic carbocycles. The molecule has 2 aliphatic heterocycles. The molecule has 0 amide bonds. The van der Waals surface area contributed by atoms with Crippen LogP contribution in [0.25, 0.3) is 0 Å². The molecule has 54 heavy (non-hydrogen) atoms. The summed E-state index contributed by atoms with van der Waals surface area (Å²) < 4.78 is 25.0. The van der Waals surface area contributed by atoms with Crippen molar-refractivity contribution in [3.8, 4) is 0 Å². The van der Waals surface area contributed by atoms with Crippen LogP contribution in [0, 0.1) is 50.2 Å². The first-order valence-electron chi connectivity index (χ1n) is 19.8. The van der Waals surface area contributed by atoms with Crippen LogP contribution < -0.4 is 0 Å². The number of esters is 1. The predicted molar refractivity (Wildman–Crippen MR) is 192 cm³/mol. The second-order valence-electron chi connectivity index (χ2n) is 19.4. The van der Waals surface area contributed by atoms with Gasteiger partial charge in [-0.15, -0.1) is 0 Å². The van der Waals surface area contributed by atoms with Gasteiger partial charge in [0.2, 0.25) is 0 Å². The molecule has 18 atom stereocenters. The molecule has 0 spiro atoms. The Kier molecular flexibility index (Phi) is 9.72. The molecule has 2 bridgehead atoms. The highest BCUT2D eigenvalue weighted by atomic mass is 16.7.